The Morgan fingerprint density at radius 3 is 2.55 bits per heavy atom. The van der Waals surface area contributed by atoms with Crippen LogP contribution >= 0.6 is 11.6 Å². The number of aliphatic imine (C=N–C) groups is 1. The van der Waals surface area contributed by atoms with Crippen molar-refractivity contribution in [2.75, 3.05) is 19.7 Å². The summed E-state index contributed by atoms with van der Waals surface area (Å²) in [6.45, 7) is 1.78. The lowest BCUT2D eigenvalue weighted by Gasteiger charge is -2.08. The Kier molecular flexibility index (Phi) is 6.58. The number of hydrogen-bond donors (Lipinski definition) is 2. The minimum Gasteiger partial charge on any atom is -0.492 e. The Morgan fingerprint density at radius 2 is 1.82 bits per heavy atom. The highest BCUT2D eigenvalue weighted by atomic mass is 35.5. The van der Waals surface area contributed by atoms with Crippen molar-refractivity contribution in [3.63, 3.8) is 0 Å². The second kappa shape index (κ2) is 8.95. The molecule has 0 saturated heterocycles. The first-order valence-corrected chi connectivity index (χ1v) is 7.58. The van der Waals surface area contributed by atoms with Gasteiger partial charge in [0, 0.05) is 11.6 Å². The summed E-state index contributed by atoms with van der Waals surface area (Å²) in [5, 5.41) is 3.72. The van der Waals surface area contributed by atoms with Crippen molar-refractivity contribution >= 4 is 17.6 Å². The molecule has 0 spiro atoms. The van der Waals surface area contributed by atoms with Gasteiger partial charge in [-0.2, -0.15) is 0 Å². The van der Waals surface area contributed by atoms with E-state index in [0.29, 0.717) is 30.7 Å². The highest BCUT2D eigenvalue weighted by Crippen LogP contribution is 2.14. The SMILES string of the molecule is NC(=NCCc1ccccc1)NCCOc1ccc(Cl)cc1. The van der Waals surface area contributed by atoms with Gasteiger partial charge in [-0.25, -0.2) is 0 Å². The van der Waals surface area contributed by atoms with E-state index in [2.05, 4.69) is 22.4 Å². The van der Waals surface area contributed by atoms with Crippen LogP contribution in [-0.2, 0) is 6.42 Å². The summed E-state index contributed by atoms with van der Waals surface area (Å²) in [6.07, 6.45) is 0.879. The van der Waals surface area contributed by atoms with E-state index < -0.39 is 0 Å². The monoisotopic (exact) mass is 317 g/mol. The molecule has 22 heavy (non-hydrogen) atoms. The summed E-state index contributed by atoms with van der Waals surface area (Å²) in [5.74, 6) is 1.22. The molecule has 3 N–H and O–H groups in total. The van der Waals surface area contributed by atoms with E-state index in [0.717, 1.165) is 12.2 Å². The van der Waals surface area contributed by atoms with Crippen LogP contribution in [0.3, 0.4) is 0 Å². The number of halogens is 1. The Balaban J connectivity index is 1.61. The molecule has 0 aliphatic carbocycles. The van der Waals surface area contributed by atoms with E-state index in [4.69, 9.17) is 22.1 Å². The van der Waals surface area contributed by atoms with Crippen LogP contribution in [0.5, 0.6) is 5.75 Å². The molecule has 2 aromatic carbocycles. The number of benzene rings is 2. The van der Waals surface area contributed by atoms with E-state index in [1.54, 1.807) is 12.1 Å². The molecule has 116 valence electrons. The number of nitrogens with one attached hydrogen (secondary N) is 1. The molecule has 0 aromatic heterocycles. The average molecular weight is 318 g/mol. The third kappa shape index (κ3) is 6.06. The van der Waals surface area contributed by atoms with Crippen molar-refractivity contribution in [1.29, 1.82) is 0 Å². The summed E-state index contributed by atoms with van der Waals surface area (Å²) in [4.78, 5) is 4.29. The summed E-state index contributed by atoms with van der Waals surface area (Å²) in [5.41, 5.74) is 7.06. The molecule has 2 aromatic rings. The molecule has 0 bridgehead atoms. The Morgan fingerprint density at radius 1 is 1.09 bits per heavy atom. The molecular formula is C17H20ClN3O. The summed E-state index contributed by atoms with van der Waals surface area (Å²) in [6, 6.07) is 17.5. The first-order valence-electron chi connectivity index (χ1n) is 7.20. The van der Waals surface area contributed by atoms with Crippen LogP contribution in [0.1, 0.15) is 5.56 Å². The Bertz CT molecular complexity index is 585. The second-order valence-corrected chi connectivity index (χ2v) is 5.17. The topological polar surface area (TPSA) is 59.6 Å². The van der Waals surface area contributed by atoms with Crippen LogP contribution in [0.4, 0.5) is 0 Å². The van der Waals surface area contributed by atoms with Crippen molar-refractivity contribution in [3.05, 3.63) is 65.2 Å². The number of guanidine groups is 1. The van der Waals surface area contributed by atoms with E-state index in [9.17, 15) is 0 Å². The zero-order chi connectivity index (χ0) is 15.6. The van der Waals surface area contributed by atoms with Crippen LogP contribution in [-0.4, -0.2) is 25.7 Å². The second-order valence-electron chi connectivity index (χ2n) is 4.73. The molecule has 0 aliphatic heterocycles. The van der Waals surface area contributed by atoms with E-state index in [1.807, 2.05) is 30.3 Å². The number of rotatable bonds is 7. The van der Waals surface area contributed by atoms with Gasteiger partial charge < -0.3 is 15.8 Å². The van der Waals surface area contributed by atoms with Gasteiger partial charge in [0.25, 0.3) is 0 Å². The quantitative estimate of drug-likeness (QED) is 0.469. The fourth-order valence-electron chi connectivity index (χ4n) is 1.88. The van der Waals surface area contributed by atoms with Crippen molar-refractivity contribution in [3.8, 4) is 5.75 Å². The van der Waals surface area contributed by atoms with E-state index in [1.165, 1.54) is 5.56 Å². The zero-order valence-electron chi connectivity index (χ0n) is 12.3. The summed E-state index contributed by atoms with van der Waals surface area (Å²) < 4.78 is 5.55. The van der Waals surface area contributed by atoms with Crippen molar-refractivity contribution < 1.29 is 4.74 Å². The predicted molar refractivity (Wildman–Crippen MR) is 91.6 cm³/mol. The molecule has 0 atom stereocenters. The fraction of sp³-hybridized carbons (Fsp3) is 0.235. The van der Waals surface area contributed by atoms with E-state index >= 15 is 0 Å². The van der Waals surface area contributed by atoms with Gasteiger partial charge >= 0.3 is 0 Å². The predicted octanol–water partition coefficient (Wildman–Crippen LogP) is 2.87. The van der Waals surface area contributed by atoms with Gasteiger partial charge in [0.15, 0.2) is 5.96 Å². The number of nitrogens with two attached hydrogens (primary N) is 1. The zero-order valence-corrected chi connectivity index (χ0v) is 13.1. The molecule has 0 heterocycles. The fourth-order valence-corrected chi connectivity index (χ4v) is 2.01. The maximum absolute atomic E-state index is 5.81. The molecular weight excluding hydrogens is 298 g/mol. The highest BCUT2D eigenvalue weighted by molar-refractivity contribution is 6.30. The van der Waals surface area contributed by atoms with Gasteiger partial charge in [0.2, 0.25) is 0 Å². The molecule has 0 unspecified atom stereocenters. The first kappa shape index (κ1) is 16.2. The lowest BCUT2D eigenvalue weighted by atomic mass is 10.2. The molecule has 5 heteroatoms. The van der Waals surface area contributed by atoms with Crippen molar-refractivity contribution in [1.82, 2.24) is 5.32 Å². The summed E-state index contributed by atoms with van der Waals surface area (Å²) in [7, 11) is 0. The highest BCUT2D eigenvalue weighted by Gasteiger charge is 1.95. The van der Waals surface area contributed by atoms with Crippen LogP contribution in [0, 0.1) is 0 Å². The van der Waals surface area contributed by atoms with Gasteiger partial charge in [-0.05, 0) is 36.2 Å². The first-order chi connectivity index (χ1) is 10.7. The van der Waals surface area contributed by atoms with Gasteiger partial charge in [-0.1, -0.05) is 41.9 Å². The summed E-state index contributed by atoms with van der Waals surface area (Å²) >= 11 is 5.81. The largest absolute Gasteiger partial charge is 0.492 e. The van der Waals surface area contributed by atoms with Gasteiger partial charge in [-0.3, -0.25) is 4.99 Å². The number of ether oxygens (including phenoxy) is 1. The molecule has 0 amide bonds. The number of nitrogens with zero attached hydrogens (tertiary/aromatic N) is 1. The van der Waals surface area contributed by atoms with Crippen LogP contribution in [0.25, 0.3) is 0 Å². The lowest BCUT2D eigenvalue weighted by molar-refractivity contribution is 0.322. The van der Waals surface area contributed by atoms with E-state index in [-0.39, 0.29) is 0 Å². The minimum atomic E-state index is 0.440. The van der Waals surface area contributed by atoms with Crippen LogP contribution in [0.2, 0.25) is 5.02 Å². The standard InChI is InChI=1S/C17H20ClN3O/c18-15-6-8-16(9-7-15)22-13-12-21-17(19)20-11-10-14-4-2-1-3-5-14/h1-9H,10-13H2,(H3,19,20,21). The molecule has 0 aliphatic rings. The molecule has 2 rings (SSSR count). The molecule has 4 nitrogen and oxygen atoms in total. The third-order valence-corrected chi connectivity index (χ3v) is 3.27. The lowest BCUT2D eigenvalue weighted by Crippen LogP contribution is -2.34. The Labute approximate surface area is 136 Å². The van der Waals surface area contributed by atoms with Gasteiger partial charge in [-0.15, -0.1) is 0 Å². The maximum Gasteiger partial charge on any atom is 0.188 e. The Hall–Kier alpha value is -2.20. The molecule has 0 saturated carbocycles. The minimum absolute atomic E-state index is 0.440. The van der Waals surface area contributed by atoms with Gasteiger partial charge in [0.1, 0.15) is 12.4 Å². The number of hydrogen-bond acceptors (Lipinski definition) is 2. The normalized spacial score (nSPS) is 11.2. The van der Waals surface area contributed by atoms with Gasteiger partial charge in [0.05, 0.1) is 6.54 Å². The third-order valence-electron chi connectivity index (χ3n) is 3.02. The van der Waals surface area contributed by atoms with Crippen molar-refractivity contribution in [2.24, 2.45) is 10.7 Å². The smallest absolute Gasteiger partial charge is 0.188 e. The average Bonchev–Trinajstić information content (AvgIpc) is 2.54. The molecule has 0 fully saturated rings. The van der Waals surface area contributed by atoms with Crippen molar-refractivity contribution in [2.45, 2.75) is 6.42 Å². The van der Waals surface area contributed by atoms with Crippen LogP contribution < -0.4 is 15.8 Å². The van der Waals surface area contributed by atoms with Crippen LogP contribution in [0.15, 0.2) is 59.6 Å². The maximum atomic E-state index is 5.81. The molecule has 0 radical (unpaired) electrons.